The van der Waals surface area contributed by atoms with Crippen LogP contribution in [-0.2, 0) is 4.12 Å². The van der Waals surface area contributed by atoms with Gasteiger partial charge in [-0.25, -0.2) is 0 Å². The van der Waals surface area contributed by atoms with E-state index >= 15 is 0 Å². The fourth-order valence-electron chi connectivity index (χ4n) is 1.26. The maximum atomic E-state index is 6.30. The van der Waals surface area contributed by atoms with Gasteiger partial charge in [0.05, 0.1) is 5.38 Å². The van der Waals surface area contributed by atoms with Gasteiger partial charge in [0, 0.05) is 0 Å². The fourth-order valence-corrected chi connectivity index (χ4v) is 6.68. The summed E-state index contributed by atoms with van der Waals surface area (Å²) in [4.78, 5) is 0. The van der Waals surface area contributed by atoms with Crippen molar-refractivity contribution < 1.29 is 4.12 Å². The molecule has 0 saturated heterocycles. The predicted octanol–water partition coefficient (Wildman–Crippen LogP) is 1.83. The van der Waals surface area contributed by atoms with Crippen molar-refractivity contribution in [2.24, 2.45) is 0 Å². The van der Waals surface area contributed by atoms with E-state index in [1.54, 1.807) is 12.2 Å². The molecular weight excluding hydrogens is 357 g/mol. The Morgan fingerprint density at radius 1 is 1.20 bits per heavy atom. The van der Waals surface area contributed by atoms with Crippen LogP contribution in [0, 0.1) is 0 Å². The normalized spacial score (nSPS) is 38.9. The highest BCUT2D eigenvalue weighted by atomic mass is 35.5. The predicted molar refractivity (Wildman–Crippen MR) is 75.8 cm³/mol. The molecule has 2 atom stereocenters. The van der Waals surface area contributed by atoms with Gasteiger partial charge < -0.3 is 4.12 Å². The third kappa shape index (κ3) is 2.37. The molecular formula is C6H8Cl6OSi2. The molecule has 0 saturated carbocycles. The minimum Gasteiger partial charge on any atom is -0.466 e. The third-order valence-corrected chi connectivity index (χ3v) is 9.28. The van der Waals surface area contributed by atoms with Crippen molar-refractivity contribution in [2.75, 3.05) is 0 Å². The van der Waals surface area contributed by atoms with Crippen molar-refractivity contribution >= 4 is 89.9 Å². The molecule has 0 amide bonds. The zero-order valence-corrected chi connectivity index (χ0v) is 15.6. The Morgan fingerprint density at radius 3 is 2.20 bits per heavy atom. The molecule has 0 spiro atoms. The maximum absolute atomic E-state index is 6.30. The highest BCUT2D eigenvalue weighted by Gasteiger charge is 2.64. The fraction of sp³-hybridized carbons (Fsp3) is 0.667. The van der Waals surface area contributed by atoms with Crippen LogP contribution < -0.4 is 0 Å². The van der Waals surface area contributed by atoms with Gasteiger partial charge in [-0.05, 0) is 0 Å². The molecule has 15 heavy (non-hydrogen) atoms. The highest BCUT2D eigenvalue weighted by Crippen LogP contribution is 2.57. The van der Waals surface area contributed by atoms with E-state index in [0.717, 1.165) is 0 Å². The average Bonchev–Trinajstić information content (AvgIpc) is 2.12. The lowest BCUT2D eigenvalue weighted by atomic mass is 10.0. The van der Waals surface area contributed by atoms with Gasteiger partial charge in [0.2, 0.25) is 0 Å². The van der Waals surface area contributed by atoms with E-state index in [1.807, 2.05) is 0 Å². The number of hydrogen-bond acceptors (Lipinski definition) is 1. The molecule has 0 radical (unpaired) electrons. The molecule has 88 valence electrons. The number of rotatable bonds is 2. The first-order valence-electron chi connectivity index (χ1n) is 3.96. The monoisotopic (exact) mass is 362 g/mol. The van der Waals surface area contributed by atoms with Crippen molar-refractivity contribution in [3.05, 3.63) is 12.2 Å². The van der Waals surface area contributed by atoms with Crippen LogP contribution in [0.5, 0.6) is 0 Å². The Kier molecular flexibility index (Phi) is 4.84. The van der Waals surface area contributed by atoms with Gasteiger partial charge in [-0.15, -0.1) is 23.2 Å². The van der Waals surface area contributed by atoms with E-state index in [-0.39, 0.29) is 0 Å². The maximum Gasteiger partial charge on any atom is 0.175 e. The van der Waals surface area contributed by atoms with E-state index in [9.17, 15) is 0 Å². The summed E-state index contributed by atoms with van der Waals surface area (Å²) in [7, 11) is -0.596. The van der Waals surface area contributed by atoms with Crippen LogP contribution in [0.4, 0.5) is 0 Å². The summed E-state index contributed by atoms with van der Waals surface area (Å²) in [5.74, 6) is 0. The molecule has 1 rings (SSSR count). The first kappa shape index (κ1) is 14.9. The molecule has 9 heteroatoms. The van der Waals surface area contributed by atoms with Crippen molar-refractivity contribution in [3.63, 3.8) is 0 Å². The molecule has 1 aliphatic carbocycles. The van der Waals surface area contributed by atoms with Gasteiger partial charge in [0.15, 0.2) is 18.4 Å². The third-order valence-electron chi connectivity index (χ3n) is 2.17. The summed E-state index contributed by atoms with van der Waals surface area (Å²) in [6, 6.07) is 0. The Morgan fingerprint density at radius 2 is 1.73 bits per heavy atom. The van der Waals surface area contributed by atoms with E-state index in [4.69, 9.17) is 73.7 Å². The Balaban J connectivity index is 3.18. The van der Waals surface area contributed by atoms with Gasteiger partial charge in [-0.1, -0.05) is 58.6 Å². The van der Waals surface area contributed by atoms with E-state index in [2.05, 4.69) is 0 Å². The quantitative estimate of drug-likeness (QED) is 0.412. The van der Waals surface area contributed by atoms with E-state index < -0.39 is 28.3 Å². The van der Waals surface area contributed by atoms with Gasteiger partial charge in [0.1, 0.15) is 15.0 Å². The van der Waals surface area contributed by atoms with Gasteiger partial charge in [0.25, 0.3) is 0 Å². The summed E-state index contributed by atoms with van der Waals surface area (Å²) in [6.07, 6.45) is 3.24. The van der Waals surface area contributed by atoms with Crippen LogP contribution in [0.3, 0.4) is 0 Å². The van der Waals surface area contributed by atoms with Crippen LogP contribution in [0.2, 0.25) is 0 Å². The molecule has 0 aliphatic heterocycles. The van der Waals surface area contributed by atoms with Crippen LogP contribution in [0.15, 0.2) is 12.2 Å². The van der Waals surface area contributed by atoms with Crippen molar-refractivity contribution in [3.8, 4) is 0 Å². The summed E-state index contributed by atoms with van der Waals surface area (Å²) in [5, 5.41) is -0.689. The Hall–Kier alpha value is 1.87. The van der Waals surface area contributed by atoms with Crippen LogP contribution in [0.25, 0.3) is 0 Å². The molecule has 0 heterocycles. The Labute approximate surface area is 124 Å². The zero-order chi connectivity index (χ0) is 11.9. The molecule has 1 nitrogen and oxygen atoms in total. The summed E-state index contributed by atoms with van der Waals surface area (Å²) >= 11 is 36.6. The van der Waals surface area contributed by atoms with Gasteiger partial charge in [-0.2, -0.15) is 0 Å². The topological polar surface area (TPSA) is 9.23 Å². The van der Waals surface area contributed by atoms with Crippen molar-refractivity contribution in [2.45, 2.75) is 18.5 Å². The first-order chi connectivity index (χ1) is 6.69. The second kappa shape index (κ2) is 4.86. The lowest BCUT2D eigenvalue weighted by Crippen LogP contribution is -2.61. The summed E-state index contributed by atoms with van der Waals surface area (Å²) in [5.41, 5.74) is 0. The van der Waals surface area contributed by atoms with Gasteiger partial charge in [-0.3, -0.25) is 0 Å². The number of hydrogen-bond donors (Lipinski definition) is 0. The first-order valence-corrected chi connectivity index (χ1v) is 8.38. The van der Waals surface area contributed by atoms with E-state index in [1.165, 1.54) is 0 Å². The standard InChI is InChI=1S/C6H8Cl6OSi2/c7-3-1-2-4(8,15-13-14)6(11,12)5(3,9)10/h1-3H,15H2,14H3. The second-order valence-electron chi connectivity index (χ2n) is 3.25. The largest absolute Gasteiger partial charge is 0.466 e. The van der Waals surface area contributed by atoms with Gasteiger partial charge >= 0.3 is 0 Å². The molecule has 0 N–H and O–H groups in total. The highest BCUT2D eigenvalue weighted by molar-refractivity contribution is 6.73. The lowest BCUT2D eigenvalue weighted by Gasteiger charge is -2.46. The van der Waals surface area contributed by atoms with Crippen LogP contribution in [0.1, 0.15) is 0 Å². The second-order valence-corrected chi connectivity index (χ2v) is 11.3. The molecule has 2 unspecified atom stereocenters. The Bertz CT molecular complexity index is 283. The van der Waals surface area contributed by atoms with Crippen molar-refractivity contribution in [1.29, 1.82) is 0 Å². The lowest BCUT2D eigenvalue weighted by molar-refractivity contribution is 0.561. The minimum atomic E-state index is -1.57. The summed E-state index contributed by atoms with van der Waals surface area (Å²) in [6.45, 7) is 0. The number of halogens is 6. The molecule has 1 aliphatic rings. The SMILES string of the molecule is [SiH3]O[SiH2]C1(Cl)C=CC(Cl)C(Cl)(Cl)C1(Cl)Cl. The molecule has 0 bridgehead atoms. The summed E-state index contributed by atoms with van der Waals surface area (Å²) < 4.78 is 1.07. The molecule has 0 aromatic heterocycles. The molecule has 0 aromatic rings. The van der Waals surface area contributed by atoms with Crippen LogP contribution >= 0.6 is 69.6 Å². The average molecular weight is 365 g/mol. The van der Waals surface area contributed by atoms with Crippen molar-refractivity contribution in [1.82, 2.24) is 0 Å². The minimum absolute atomic E-state index is 0.571. The zero-order valence-electron chi connectivity index (χ0n) is 7.62. The number of allylic oxidation sites excluding steroid dienone is 2. The van der Waals surface area contributed by atoms with E-state index in [0.29, 0.717) is 10.5 Å². The smallest absolute Gasteiger partial charge is 0.175 e. The molecule has 0 aromatic carbocycles. The molecule has 0 fully saturated rings. The van der Waals surface area contributed by atoms with Crippen LogP contribution in [-0.4, -0.2) is 38.8 Å². The number of alkyl halides is 6.